The van der Waals surface area contributed by atoms with E-state index in [0.717, 1.165) is 31.2 Å². The molecule has 15 heteroatoms. The van der Waals surface area contributed by atoms with E-state index in [2.05, 4.69) is 14.9 Å². The van der Waals surface area contributed by atoms with Crippen molar-refractivity contribution in [1.29, 1.82) is 5.26 Å². The number of aliphatic hydroxyl groups excluding tert-OH is 1. The molecule has 5 heterocycles. The first kappa shape index (κ1) is 32.1. The molecule has 7 rings (SSSR count). The lowest BCUT2D eigenvalue weighted by molar-refractivity contribution is -0.137. The van der Waals surface area contributed by atoms with Gasteiger partial charge < -0.3 is 20.5 Å². The van der Waals surface area contributed by atoms with Crippen molar-refractivity contribution in [3.63, 3.8) is 0 Å². The Morgan fingerprint density at radius 1 is 1.17 bits per heavy atom. The molecule has 46 heavy (non-hydrogen) atoms. The summed E-state index contributed by atoms with van der Waals surface area (Å²) in [6, 6.07) is 4.79. The number of alkyl halides is 4. The van der Waals surface area contributed by atoms with Crippen LogP contribution in [0.1, 0.15) is 36.8 Å². The zero-order valence-electron chi connectivity index (χ0n) is 24.7. The number of ether oxygens (including phenoxy) is 1. The molecule has 3 aliphatic rings. The quantitative estimate of drug-likeness (QED) is 0.245. The van der Waals surface area contributed by atoms with Gasteiger partial charge in [-0.1, -0.05) is 6.07 Å². The summed E-state index contributed by atoms with van der Waals surface area (Å²) in [7, 11) is 1.24. The van der Waals surface area contributed by atoms with Crippen LogP contribution in [0.5, 0.6) is 6.01 Å². The van der Waals surface area contributed by atoms with Crippen LogP contribution in [0.15, 0.2) is 18.2 Å². The lowest BCUT2D eigenvalue weighted by Crippen LogP contribution is -2.23. The molecule has 0 bridgehead atoms. The smallest absolute Gasteiger partial charge is 0.417 e. The van der Waals surface area contributed by atoms with E-state index in [1.54, 1.807) is 11.0 Å². The highest BCUT2D eigenvalue weighted by Crippen LogP contribution is 2.48. The van der Waals surface area contributed by atoms with Gasteiger partial charge in [0.05, 0.1) is 22.9 Å². The van der Waals surface area contributed by atoms with Crippen molar-refractivity contribution in [2.45, 2.75) is 44.1 Å². The number of hydrogen-bond acceptors (Lipinski definition) is 9. The lowest BCUT2D eigenvalue weighted by Gasteiger charge is -2.22. The number of anilines is 2. The molecule has 4 aromatic rings. The normalized spacial score (nSPS) is 21.5. The topological polar surface area (TPSA) is 112 Å². The molecule has 2 aromatic carbocycles. The van der Waals surface area contributed by atoms with E-state index in [-0.39, 0.29) is 56.0 Å². The maximum Gasteiger partial charge on any atom is 0.417 e. The standard InChI is InChI=1S/C24H18F5N5O2S.C7H12FN/c1-36-23-32-19-12(22(33-23)34-5-4-10(8-34)9-35)6-14(24(27,28)29)17(18(19)26)11-2-3-15(25)20-16(11)13(7-30)21(31)37-20;8-6-4-7-2-1-3-9(7)5-6/h2-3,6,10,35H,4-5,8-9,31H2,1H3;6-7H,1-5H2/t10-;/m1./s1. The van der Waals surface area contributed by atoms with E-state index in [1.807, 2.05) is 0 Å². The van der Waals surface area contributed by atoms with Crippen LogP contribution in [0.2, 0.25) is 0 Å². The number of nitrogens with two attached hydrogens (primary N) is 1. The van der Waals surface area contributed by atoms with Crippen LogP contribution >= 0.6 is 11.3 Å². The first-order valence-electron chi connectivity index (χ1n) is 14.7. The zero-order valence-corrected chi connectivity index (χ0v) is 25.5. The Labute approximate surface area is 264 Å². The van der Waals surface area contributed by atoms with Gasteiger partial charge in [0, 0.05) is 54.5 Å². The molecule has 3 saturated heterocycles. The van der Waals surface area contributed by atoms with Gasteiger partial charge in [0.2, 0.25) is 0 Å². The van der Waals surface area contributed by atoms with Crippen molar-refractivity contribution < 1.29 is 36.2 Å². The summed E-state index contributed by atoms with van der Waals surface area (Å²) in [5.74, 6) is -2.21. The van der Waals surface area contributed by atoms with Crippen LogP contribution in [-0.2, 0) is 6.18 Å². The summed E-state index contributed by atoms with van der Waals surface area (Å²) in [6.07, 6.45) is -1.65. The second-order valence-electron chi connectivity index (χ2n) is 11.7. The van der Waals surface area contributed by atoms with Gasteiger partial charge >= 0.3 is 12.2 Å². The van der Waals surface area contributed by atoms with E-state index in [0.29, 0.717) is 43.4 Å². The van der Waals surface area contributed by atoms with Gasteiger partial charge in [-0.3, -0.25) is 4.90 Å². The summed E-state index contributed by atoms with van der Waals surface area (Å²) >= 11 is 0.693. The Morgan fingerprint density at radius 3 is 2.61 bits per heavy atom. The minimum absolute atomic E-state index is 0.0375. The third kappa shape index (κ3) is 5.67. The van der Waals surface area contributed by atoms with Crippen molar-refractivity contribution in [1.82, 2.24) is 14.9 Å². The Balaban J connectivity index is 0.000000352. The second kappa shape index (κ2) is 12.4. The van der Waals surface area contributed by atoms with Crippen LogP contribution in [-0.4, -0.2) is 72.1 Å². The number of benzene rings is 2. The number of thiophene rings is 1. The van der Waals surface area contributed by atoms with Gasteiger partial charge in [-0.15, -0.1) is 11.3 Å². The Bertz CT molecular complexity index is 1830. The SMILES string of the molecule is COc1nc(N2CC[C@@H](CO)C2)c2cc(C(F)(F)F)c(-c3ccc(F)c4sc(N)c(C#N)c34)c(F)c2n1.FC1CC2CCCN2C1. The number of nitriles is 1. The van der Waals surface area contributed by atoms with Crippen LogP contribution in [0.25, 0.3) is 32.1 Å². The number of methoxy groups -OCH3 is 1. The maximum absolute atomic E-state index is 16.2. The first-order chi connectivity index (χ1) is 21.9. The zero-order chi connectivity index (χ0) is 32.9. The molecule has 3 N–H and O–H groups in total. The minimum Gasteiger partial charge on any atom is -0.467 e. The third-order valence-corrected chi connectivity index (χ3v) is 9.91. The van der Waals surface area contributed by atoms with Crippen molar-refractivity contribution >= 4 is 43.1 Å². The molecule has 0 spiro atoms. The summed E-state index contributed by atoms with van der Waals surface area (Å²) in [5.41, 5.74) is 2.59. The Kier molecular flexibility index (Phi) is 8.64. The molecule has 3 aliphatic heterocycles. The predicted molar refractivity (Wildman–Crippen MR) is 162 cm³/mol. The first-order valence-corrected chi connectivity index (χ1v) is 15.6. The number of hydrogen-bond donors (Lipinski definition) is 2. The fourth-order valence-electron chi connectivity index (χ4n) is 6.72. The number of aliphatic hydroxyl groups is 1. The average molecular weight is 665 g/mol. The van der Waals surface area contributed by atoms with Crippen LogP contribution < -0.4 is 15.4 Å². The molecular weight excluding hydrogens is 634 g/mol. The minimum atomic E-state index is -5.03. The van der Waals surface area contributed by atoms with Crippen LogP contribution in [0.4, 0.5) is 37.2 Å². The number of aromatic nitrogens is 2. The summed E-state index contributed by atoms with van der Waals surface area (Å²) in [6.45, 7) is 2.42. The van der Waals surface area contributed by atoms with Crippen molar-refractivity contribution in [3.05, 3.63) is 41.0 Å². The molecule has 0 radical (unpaired) electrons. The van der Waals surface area contributed by atoms with Gasteiger partial charge in [-0.05, 0) is 49.9 Å². The Morgan fingerprint density at radius 2 is 1.96 bits per heavy atom. The molecule has 2 unspecified atom stereocenters. The van der Waals surface area contributed by atoms with Crippen LogP contribution in [0.3, 0.4) is 0 Å². The third-order valence-electron chi connectivity index (χ3n) is 8.88. The van der Waals surface area contributed by atoms with Crippen molar-refractivity contribution in [3.8, 4) is 23.2 Å². The van der Waals surface area contributed by atoms with E-state index in [4.69, 9.17) is 10.5 Å². The molecule has 3 fully saturated rings. The van der Waals surface area contributed by atoms with Gasteiger partial charge in [0.25, 0.3) is 0 Å². The molecule has 0 aliphatic carbocycles. The maximum atomic E-state index is 16.2. The average Bonchev–Trinajstić information content (AvgIpc) is 3.81. The fraction of sp³-hybridized carbons (Fsp3) is 0.452. The lowest BCUT2D eigenvalue weighted by atomic mass is 9.92. The highest BCUT2D eigenvalue weighted by molar-refractivity contribution is 7.23. The molecule has 0 saturated carbocycles. The molecule has 8 nitrogen and oxygen atoms in total. The summed E-state index contributed by atoms with van der Waals surface area (Å²) in [5, 5.41) is 18.6. The van der Waals surface area contributed by atoms with Gasteiger partial charge in [-0.2, -0.15) is 28.4 Å². The summed E-state index contributed by atoms with van der Waals surface area (Å²) in [4.78, 5) is 12.1. The van der Waals surface area contributed by atoms with E-state index < -0.39 is 40.6 Å². The number of nitrogen functional groups attached to an aromatic ring is 1. The van der Waals surface area contributed by atoms with Gasteiger partial charge in [-0.25, -0.2) is 13.2 Å². The second-order valence-corrected chi connectivity index (χ2v) is 12.8. The van der Waals surface area contributed by atoms with Gasteiger partial charge in [0.1, 0.15) is 34.4 Å². The van der Waals surface area contributed by atoms with Crippen molar-refractivity contribution in [2.75, 3.05) is 50.5 Å². The molecular formula is C31H30F6N6O2S. The van der Waals surface area contributed by atoms with E-state index in [1.165, 1.54) is 20.0 Å². The van der Waals surface area contributed by atoms with E-state index in [9.17, 15) is 32.3 Å². The summed E-state index contributed by atoms with van der Waals surface area (Å²) < 4.78 is 91.7. The largest absolute Gasteiger partial charge is 0.467 e. The predicted octanol–water partition coefficient (Wildman–Crippen LogP) is 6.28. The molecule has 2 aromatic heterocycles. The fourth-order valence-corrected chi connectivity index (χ4v) is 7.67. The van der Waals surface area contributed by atoms with Gasteiger partial charge in [0.15, 0.2) is 5.82 Å². The van der Waals surface area contributed by atoms with Crippen molar-refractivity contribution in [2.24, 2.45) is 5.92 Å². The van der Waals surface area contributed by atoms with Crippen LogP contribution in [0, 0.1) is 28.9 Å². The Hall–Kier alpha value is -3.87. The monoisotopic (exact) mass is 664 g/mol. The number of fused-ring (bicyclic) bond motifs is 3. The van der Waals surface area contributed by atoms with E-state index >= 15 is 4.39 Å². The molecule has 244 valence electrons. The number of halogens is 6. The number of nitrogens with zero attached hydrogens (tertiary/aromatic N) is 5. The highest BCUT2D eigenvalue weighted by Gasteiger charge is 2.39. The molecule has 0 amide bonds. The highest BCUT2D eigenvalue weighted by atomic mass is 32.1. The number of rotatable bonds is 4. The molecule has 3 atom stereocenters.